The Morgan fingerprint density at radius 1 is 1.27 bits per heavy atom. The van der Waals surface area contributed by atoms with Crippen molar-refractivity contribution in [2.45, 2.75) is 31.7 Å². The first kappa shape index (κ1) is 14.6. The van der Waals surface area contributed by atoms with Gasteiger partial charge in [-0.1, -0.05) is 12.8 Å². The molecule has 0 atom stereocenters. The number of ether oxygens (including phenoxy) is 1. The molecule has 0 aliphatic heterocycles. The Morgan fingerprint density at radius 3 is 2.59 bits per heavy atom. The molecule has 0 saturated heterocycles. The van der Waals surface area contributed by atoms with Crippen molar-refractivity contribution in [3.05, 3.63) is 36.0 Å². The number of benzene rings is 1. The Bertz CT molecular complexity index is 655. The van der Waals surface area contributed by atoms with Gasteiger partial charge < -0.3 is 10.1 Å². The number of nitrogens with zero attached hydrogens (tertiary/aromatic N) is 2. The van der Waals surface area contributed by atoms with E-state index in [0.717, 1.165) is 29.8 Å². The van der Waals surface area contributed by atoms with Crippen LogP contribution in [0.5, 0.6) is 5.75 Å². The SMILES string of the molecule is COc1ccc(-c2cc(C(=O)NC3CCCC3)nn2C)cc1. The quantitative estimate of drug-likeness (QED) is 0.944. The molecule has 1 N–H and O–H groups in total. The van der Waals surface area contributed by atoms with Crippen molar-refractivity contribution in [2.75, 3.05) is 7.11 Å². The topological polar surface area (TPSA) is 56.1 Å². The van der Waals surface area contributed by atoms with Crippen LogP contribution in [0.4, 0.5) is 0 Å². The molecule has 22 heavy (non-hydrogen) atoms. The van der Waals surface area contributed by atoms with E-state index in [0.29, 0.717) is 11.7 Å². The van der Waals surface area contributed by atoms with Crippen molar-refractivity contribution in [3.8, 4) is 17.0 Å². The van der Waals surface area contributed by atoms with Crippen LogP contribution in [0.3, 0.4) is 0 Å². The maximum Gasteiger partial charge on any atom is 0.272 e. The maximum absolute atomic E-state index is 12.3. The lowest BCUT2D eigenvalue weighted by Crippen LogP contribution is -2.32. The summed E-state index contributed by atoms with van der Waals surface area (Å²) >= 11 is 0. The molecule has 5 heteroatoms. The summed E-state index contributed by atoms with van der Waals surface area (Å²) in [7, 11) is 3.50. The molecule has 1 fully saturated rings. The van der Waals surface area contributed by atoms with Crippen LogP contribution in [0.1, 0.15) is 36.2 Å². The average Bonchev–Trinajstić information content (AvgIpc) is 3.17. The third-order valence-corrected chi connectivity index (χ3v) is 4.19. The Hall–Kier alpha value is -2.30. The van der Waals surface area contributed by atoms with E-state index in [1.807, 2.05) is 37.4 Å². The van der Waals surface area contributed by atoms with Gasteiger partial charge in [0.1, 0.15) is 5.75 Å². The summed E-state index contributed by atoms with van der Waals surface area (Å²) in [5.41, 5.74) is 2.40. The highest BCUT2D eigenvalue weighted by Crippen LogP contribution is 2.23. The van der Waals surface area contributed by atoms with Crippen molar-refractivity contribution in [2.24, 2.45) is 7.05 Å². The molecule has 3 rings (SSSR count). The summed E-state index contributed by atoms with van der Waals surface area (Å²) in [4.78, 5) is 12.3. The second-order valence-corrected chi connectivity index (χ2v) is 5.72. The molecular weight excluding hydrogens is 278 g/mol. The molecule has 0 unspecified atom stereocenters. The Balaban J connectivity index is 1.78. The largest absolute Gasteiger partial charge is 0.497 e. The van der Waals surface area contributed by atoms with Gasteiger partial charge in [0, 0.05) is 18.7 Å². The minimum absolute atomic E-state index is 0.0812. The van der Waals surface area contributed by atoms with Gasteiger partial charge in [-0.3, -0.25) is 9.48 Å². The van der Waals surface area contributed by atoms with Gasteiger partial charge in [0.15, 0.2) is 5.69 Å². The van der Waals surface area contributed by atoms with E-state index in [4.69, 9.17) is 4.74 Å². The summed E-state index contributed by atoms with van der Waals surface area (Å²) in [6, 6.07) is 9.88. The van der Waals surface area contributed by atoms with Crippen molar-refractivity contribution >= 4 is 5.91 Å². The van der Waals surface area contributed by atoms with E-state index in [-0.39, 0.29) is 5.91 Å². The summed E-state index contributed by atoms with van der Waals surface area (Å²) in [5.74, 6) is 0.729. The summed E-state index contributed by atoms with van der Waals surface area (Å²) in [6.45, 7) is 0. The lowest BCUT2D eigenvalue weighted by Gasteiger charge is -2.09. The fourth-order valence-corrected chi connectivity index (χ4v) is 2.94. The van der Waals surface area contributed by atoms with E-state index in [9.17, 15) is 4.79 Å². The van der Waals surface area contributed by atoms with Gasteiger partial charge in [-0.05, 0) is 43.2 Å². The van der Waals surface area contributed by atoms with E-state index >= 15 is 0 Å². The van der Waals surface area contributed by atoms with Crippen molar-refractivity contribution in [1.82, 2.24) is 15.1 Å². The van der Waals surface area contributed by atoms with E-state index in [2.05, 4.69) is 10.4 Å². The molecule has 1 aliphatic rings. The third kappa shape index (κ3) is 2.98. The number of nitrogens with one attached hydrogen (secondary N) is 1. The molecule has 116 valence electrons. The van der Waals surface area contributed by atoms with Gasteiger partial charge in [0.2, 0.25) is 0 Å². The number of aryl methyl sites for hydroxylation is 1. The van der Waals surface area contributed by atoms with Gasteiger partial charge in [0.25, 0.3) is 5.91 Å². The van der Waals surface area contributed by atoms with Crippen LogP contribution in [-0.4, -0.2) is 28.8 Å². The minimum Gasteiger partial charge on any atom is -0.497 e. The lowest BCUT2D eigenvalue weighted by atomic mass is 10.1. The molecule has 2 aromatic rings. The summed E-state index contributed by atoms with van der Waals surface area (Å²) < 4.78 is 6.91. The normalized spacial score (nSPS) is 15.0. The predicted molar refractivity (Wildman–Crippen MR) is 84.9 cm³/mol. The maximum atomic E-state index is 12.3. The van der Waals surface area contributed by atoms with Gasteiger partial charge in [-0.25, -0.2) is 0 Å². The molecule has 1 heterocycles. The summed E-state index contributed by atoms with van der Waals surface area (Å²) in [6.07, 6.45) is 4.54. The van der Waals surface area contributed by atoms with Crippen molar-refractivity contribution in [1.29, 1.82) is 0 Å². The molecular formula is C17H21N3O2. The van der Waals surface area contributed by atoms with Crippen molar-refractivity contribution in [3.63, 3.8) is 0 Å². The third-order valence-electron chi connectivity index (χ3n) is 4.19. The molecule has 1 saturated carbocycles. The van der Waals surface area contributed by atoms with Gasteiger partial charge in [-0.2, -0.15) is 5.10 Å². The Morgan fingerprint density at radius 2 is 1.95 bits per heavy atom. The number of aromatic nitrogens is 2. The van der Waals surface area contributed by atoms with Crippen LogP contribution in [0.2, 0.25) is 0 Å². The van der Waals surface area contributed by atoms with Gasteiger partial charge in [0.05, 0.1) is 12.8 Å². The molecule has 1 aromatic heterocycles. The number of carbonyl (C=O) groups excluding carboxylic acids is 1. The molecule has 0 bridgehead atoms. The first-order valence-electron chi connectivity index (χ1n) is 7.66. The second-order valence-electron chi connectivity index (χ2n) is 5.72. The molecule has 0 spiro atoms. The van der Waals surface area contributed by atoms with E-state index in [1.54, 1.807) is 11.8 Å². The van der Waals surface area contributed by atoms with Crippen LogP contribution in [-0.2, 0) is 7.05 Å². The number of methoxy groups -OCH3 is 1. The van der Waals surface area contributed by atoms with E-state index in [1.165, 1.54) is 12.8 Å². The predicted octanol–water partition coefficient (Wildman–Crippen LogP) is 2.77. The number of carbonyl (C=O) groups is 1. The fraction of sp³-hybridized carbons (Fsp3) is 0.412. The molecule has 5 nitrogen and oxygen atoms in total. The zero-order valence-corrected chi connectivity index (χ0v) is 13.0. The van der Waals surface area contributed by atoms with Gasteiger partial charge >= 0.3 is 0 Å². The number of rotatable bonds is 4. The van der Waals surface area contributed by atoms with Gasteiger partial charge in [-0.15, -0.1) is 0 Å². The van der Waals surface area contributed by atoms with Crippen LogP contribution in [0, 0.1) is 0 Å². The molecule has 1 aromatic carbocycles. The highest BCUT2D eigenvalue weighted by atomic mass is 16.5. The fourth-order valence-electron chi connectivity index (χ4n) is 2.94. The number of amides is 1. The highest BCUT2D eigenvalue weighted by Gasteiger charge is 2.20. The summed E-state index contributed by atoms with van der Waals surface area (Å²) in [5, 5.41) is 7.42. The van der Waals surface area contributed by atoms with E-state index < -0.39 is 0 Å². The smallest absolute Gasteiger partial charge is 0.272 e. The Labute approximate surface area is 130 Å². The minimum atomic E-state index is -0.0812. The zero-order valence-electron chi connectivity index (χ0n) is 13.0. The van der Waals surface area contributed by atoms with Crippen molar-refractivity contribution < 1.29 is 9.53 Å². The van der Waals surface area contributed by atoms with Crippen LogP contribution in [0.25, 0.3) is 11.3 Å². The lowest BCUT2D eigenvalue weighted by molar-refractivity contribution is 0.0932. The molecule has 1 amide bonds. The number of hydrogen-bond donors (Lipinski definition) is 1. The molecule has 0 radical (unpaired) electrons. The second kappa shape index (κ2) is 6.22. The highest BCUT2D eigenvalue weighted by molar-refractivity contribution is 5.93. The number of hydrogen-bond acceptors (Lipinski definition) is 3. The standard InChI is InChI=1S/C17H21N3O2/c1-20-16(12-7-9-14(22-2)10-8-12)11-15(19-20)17(21)18-13-5-3-4-6-13/h7-11,13H,3-6H2,1-2H3,(H,18,21). The first-order chi connectivity index (χ1) is 10.7. The zero-order chi connectivity index (χ0) is 15.5. The van der Waals surface area contributed by atoms with Crippen LogP contribution in [0.15, 0.2) is 30.3 Å². The first-order valence-corrected chi connectivity index (χ1v) is 7.66. The van der Waals surface area contributed by atoms with Crippen LogP contribution >= 0.6 is 0 Å². The average molecular weight is 299 g/mol. The monoisotopic (exact) mass is 299 g/mol. The van der Waals surface area contributed by atoms with Crippen LogP contribution < -0.4 is 10.1 Å². The molecule has 1 aliphatic carbocycles. The Kier molecular flexibility index (Phi) is 4.13.